The number of carbonyl (C=O) groups excluding carboxylic acids is 4. The largest absolute Gasteiger partial charge is 0.444 e. The molecule has 1 heterocycles. The smallest absolute Gasteiger partial charge is 0.410 e. The Bertz CT molecular complexity index is 1470. The van der Waals surface area contributed by atoms with Gasteiger partial charge >= 0.3 is 6.09 Å². The first-order valence-corrected chi connectivity index (χ1v) is 17.0. The fourth-order valence-corrected chi connectivity index (χ4v) is 5.70. The second-order valence-electron chi connectivity index (χ2n) is 15.6. The number of likely N-dealkylation sites (N-methyl/N-ethyl adjacent to an activating group) is 2. The van der Waals surface area contributed by atoms with Crippen LogP contribution in [0.2, 0.25) is 0 Å². The molecular weight excluding hydrogens is 622 g/mol. The van der Waals surface area contributed by atoms with Crippen molar-refractivity contribution >= 4 is 23.7 Å². The van der Waals surface area contributed by atoms with Crippen molar-refractivity contribution in [1.29, 1.82) is 0 Å². The third kappa shape index (κ3) is 11.0. The van der Waals surface area contributed by atoms with Gasteiger partial charge in [-0.25, -0.2) is 9.78 Å². The van der Waals surface area contributed by atoms with E-state index < -0.39 is 46.6 Å². The van der Waals surface area contributed by atoms with Gasteiger partial charge in [0.25, 0.3) is 0 Å². The number of amides is 3. The molecule has 0 bridgehead atoms. The molecule has 3 amide bonds. The van der Waals surface area contributed by atoms with Gasteiger partial charge in [0.05, 0.1) is 24.5 Å². The Morgan fingerprint density at radius 1 is 0.959 bits per heavy atom. The second kappa shape index (κ2) is 16.6. The van der Waals surface area contributed by atoms with E-state index in [2.05, 4.69) is 15.3 Å². The number of benzene rings is 1. The van der Waals surface area contributed by atoms with Gasteiger partial charge in [0, 0.05) is 26.1 Å². The highest BCUT2D eigenvalue weighted by Crippen LogP contribution is 2.32. The van der Waals surface area contributed by atoms with Crippen LogP contribution >= 0.6 is 0 Å². The summed E-state index contributed by atoms with van der Waals surface area (Å²) in [5.74, 6) is -0.981. The molecule has 0 spiro atoms. The number of hydrogen-bond acceptors (Lipinski definition) is 7. The zero-order valence-corrected chi connectivity index (χ0v) is 32.1. The number of imidazole rings is 1. The molecule has 0 radical (unpaired) electrons. The summed E-state index contributed by atoms with van der Waals surface area (Å²) in [6.45, 7) is 23.1. The van der Waals surface area contributed by atoms with E-state index in [4.69, 9.17) is 9.47 Å². The molecule has 3 unspecified atom stereocenters. The fraction of sp³-hybridized carbons (Fsp3) is 0.605. The van der Waals surface area contributed by atoms with Crippen molar-refractivity contribution < 1.29 is 28.7 Å². The van der Waals surface area contributed by atoms with Gasteiger partial charge < -0.3 is 24.7 Å². The van der Waals surface area contributed by atoms with Crippen LogP contribution in [0.3, 0.4) is 0 Å². The zero-order valence-electron chi connectivity index (χ0n) is 32.1. The number of ketones is 1. The van der Waals surface area contributed by atoms with Gasteiger partial charge in [-0.05, 0) is 57.1 Å². The summed E-state index contributed by atoms with van der Waals surface area (Å²) in [6.07, 6.45) is 2.70. The lowest BCUT2D eigenvalue weighted by molar-refractivity contribution is -0.141. The molecule has 2 rings (SSSR count). The molecule has 0 aliphatic carbocycles. The van der Waals surface area contributed by atoms with Crippen LogP contribution in [0.15, 0.2) is 48.2 Å². The number of rotatable bonds is 14. The Morgan fingerprint density at radius 3 is 2.06 bits per heavy atom. The van der Waals surface area contributed by atoms with Gasteiger partial charge in [-0.1, -0.05) is 84.9 Å². The predicted molar refractivity (Wildman–Crippen MR) is 192 cm³/mol. The van der Waals surface area contributed by atoms with E-state index in [0.29, 0.717) is 24.5 Å². The van der Waals surface area contributed by atoms with Crippen molar-refractivity contribution in [3.05, 3.63) is 65.3 Å². The maximum Gasteiger partial charge on any atom is 0.410 e. The molecule has 1 aromatic heterocycles. The third-order valence-electron chi connectivity index (χ3n) is 8.48. The first-order chi connectivity index (χ1) is 22.5. The summed E-state index contributed by atoms with van der Waals surface area (Å²) in [7, 11) is 3.22. The summed E-state index contributed by atoms with van der Waals surface area (Å²) < 4.78 is 11.1. The monoisotopic (exact) mass is 681 g/mol. The van der Waals surface area contributed by atoms with E-state index in [1.807, 2.05) is 85.7 Å². The Hall–Kier alpha value is -3.99. The predicted octanol–water partition coefficient (Wildman–Crippen LogP) is 6.30. The Kier molecular flexibility index (Phi) is 14.0. The van der Waals surface area contributed by atoms with Crippen molar-refractivity contribution in [2.75, 3.05) is 20.7 Å². The van der Waals surface area contributed by atoms with Gasteiger partial charge in [0.2, 0.25) is 17.6 Å². The highest BCUT2D eigenvalue weighted by atomic mass is 16.6. The van der Waals surface area contributed by atoms with Gasteiger partial charge in [-0.15, -0.1) is 0 Å². The second-order valence-corrected chi connectivity index (χ2v) is 15.6. The lowest BCUT2D eigenvalue weighted by Gasteiger charge is -2.42. The average Bonchev–Trinajstić information content (AvgIpc) is 3.48. The molecule has 0 saturated heterocycles. The normalized spacial score (nSPS) is 14.6. The SMILES string of the molecule is CCOCc1cnc(C(=O)C(C)=CC(C(C)C)N(C)C(=O)C(NC(=O)C(N(C)C(=O)OC(C)(C)C)C(C)(C)c2ccccc2)C(C)(C)C)[nH]1. The molecule has 11 heteroatoms. The fourth-order valence-electron chi connectivity index (χ4n) is 5.70. The van der Waals surface area contributed by atoms with Crippen LogP contribution in [-0.2, 0) is 31.1 Å². The lowest BCUT2D eigenvalue weighted by atomic mass is 9.76. The van der Waals surface area contributed by atoms with E-state index in [0.717, 1.165) is 5.56 Å². The Morgan fingerprint density at radius 2 is 1.55 bits per heavy atom. The van der Waals surface area contributed by atoms with Gasteiger partial charge in [0.15, 0.2) is 5.82 Å². The molecule has 2 N–H and O–H groups in total. The van der Waals surface area contributed by atoms with Crippen molar-refractivity contribution in [2.45, 2.75) is 119 Å². The maximum atomic E-state index is 14.4. The Balaban J connectivity index is 2.48. The quantitative estimate of drug-likeness (QED) is 0.177. The number of allylic oxidation sites excluding steroid dienone is 1. The van der Waals surface area contributed by atoms with Gasteiger partial charge in [0.1, 0.15) is 17.7 Å². The third-order valence-corrected chi connectivity index (χ3v) is 8.48. The van der Waals surface area contributed by atoms with Gasteiger partial charge in [-0.3, -0.25) is 19.3 Å². The number of ether oxygens (including phenoxy) is 2. The summed E-state index contributed by atoms with van der Waals surface area (Å²) in [5.41, 5.74) is -0.404. The number of Topliss-reactive ketones (excluding diaryl/α,β-unsaturated/α-hetero) is 1. The number of aromatic amines is 1. The number of aromatic nitrogens is 2. The van der Waals surface area contributed by atoms with E-state index in [9.17, 15) is 19.2 Å². The molecule has 3 atom stereocenters. The van der Waals surface area contributed by atoms with Crippen LogP contribution in [0.25, 0.3) is 0 Å². The molecule has 49 heavy (non-hydrogen) atoms. The lowest BCUT2D eigenvalue weighted by Crippen LogP contribution is -2.63. The van der Waals surface area contributed by atoms with Crippen LogP contribution in [-0.4, -0.2) is 87.9 Å². The average molecular weight is 682 g/mol. The topological polar surface area (TPSA) is 134 Å². The molecule has 0 fully saturated rings. The van der Waals surface area contributed by atoms with E-state index in [-0.39, 0.29) is 23.4 Å². The standard InChI is InChI=1S/C38H59N5O6/c1-15-48-23-27-22-39-32(40-27)29(44)25(4)21-28(24(2)3)42(13)34(46)30(36(5,6)7)41-33(45)31(43(14)35(47)49-37(8,9)10)38(11,12)26-19-17-16-18-20-26/h16-22,24,28,30-31H,15,23H2,1-14H3,(H,39,40)(H,41,45). The number of nitrogens with one attached hydrogen (secondary N) is 2. The van der Waals surface area contributed by atoms with Crippen molar-refractivity contribution in [3.8, 4) is 0 Å². The van der Waals surface area contributed by atoms with Crippen LogP contribution in [0.1, 0.15) is 105 Å². The van der Waals surface area contributed by atoms with Crippen molar-refractivity contribution in [1.82, 2.24) is 25.1 Å². The first-order valence-electron chi connectivity index (χ1n) is 17.0. The molecule has 1 aromatic carbocycles. The minimum Gasteiger partial charge on any atom is -0.444 e. The summed E-state index contributed by atoms with van der Waals surface area (Å²) in [4.78, 5) is 65.7. The molecule has 0 saturated carbocycles. The van der Waals surface area contributed by atoms with E-state index in [1.165, 1.54) is 4.90 Å². The number of carbonyl (C=O) groups is 4. The first kappa shape index (κ1) is 41.2. The van der Waals surface area contributed by atoms with Crippen LogP contribution in [0, 0.1) is 11.3 Å². The molecular formula is C38H59N5O6. The minimum absolute atomic E-state index is 0.0683. The number of hydrogen-bond donors (Lipinski definition) is 2. The van der Waals surface area contributed by atoms with Gasteiger partial charge in [-0.2, -0.15) is 0 Å². The molecule has 2 aromatic rings. The Labute approximate surface area is 293 Å². The molecule has 0 aliphatic rings. The maximum absolute atomic E-state index is 14.4. The number of H-pyrrole nitrogens is 1. The zero-order chi connectivity index (χ0) is 37.5. The number of nitrogens with zero attached hydrogens (tertiary/aromatic N) is 3. The summed E-state index contributed by atoms with van der Waals surface area (Å²) >= 11 is 0. The van der Waals surface area contributed by atoms with Crippen molar-refractivity contribution in [2.24, 2.45) is 11.3 Å². The molecule has 11 nitrogen and oxygen atoms in total. The van der Waals surface area contributed by atoms with Crippen LogP contribution in [0.4, 0.5) is 4.79 Å². The van der Waals surface area contributed by atoms with Crippen molar-refractivity contribution in [3.63, 3.8) is 0 Å². The molecule has 272 valence electrons. The minimum atomic E-state index is -1.03. The molecule has 0 aliphatic heterocycles. The van der Waals surface area contributed by atoms with E-state index >= 15 is 0 Å². The van der Waals surface area contributed by atoms with E-state index in [1.54, 1.807) is 59.0 Å². The highest BCUT2D eigenvalue weighted by molar-refractivity contribution is 6.05. The summed E-state index contributed by atoms with van der Waals surface area (Å²) in [5, 5.41) is 3.03. The highest BCUT2D eigenvalue weighted by Gasteiger charge is 2.46. The van der Waals surface area contributed by atoms with Crippen LogP contribution < -0.4 is 5.32 Å². The summed E-state index contributed by atoms with van der Waals surface area (Å²) in [6, 6.07) is 7.00. The van der Waals surface area contributed by atoms with Crippen LogP contribution in [0.5, 0.6) is 0 Å².